The maximum atomic E-state index is 12.8. The fourth-order valence-electron chi connectivity index (χ4n) is 6.69. The molecule has 0 spiro atoms. The zero-order valence-corrected chi connectivity index (χ0v) is 32.6. The summed E-state index contributed by atoms with van der Waals surface area (Å²) in [5, 5.41) is 8.65. The van der Waals surface area contributed by atoms with E-state index in [4.69, 9.17) is 5.11 Å². The number of rotatable bonds is 34. The number of hydrogen-bond acceptors (Lipinski definition) is 6. The molecule has 0 aromatic heterocycles. The first kappa shape index (κ1) is 45.4. The van der Waals surface area contributed by atoms with Crippen LogP contribution in [0.1, 0.15) is 222 Å². The highest BCUT2D eigenvalue weighted by Gasteiger charge is 2.13. The fraction of sp³-hybridized carbons (Fsp3) is 0.609. The van der Waals surface area contributed by atoms with E-state index in [1.165, 1.54) is 25.7 Å². The van der Waals surface area contributed by atoms with Gasteiger partial charge in [0.15, 0.2) is 23.1 Å². The van der Waals surface area contributed by atoms with Crippen LogP contribution in [0.5, 0.6) is 0 Å². The summed E-state index contributed by atoms with van der Waals surface area (Å²) in [6.07, 6.45) is 22.4. The van der Waals surface area contributed by atoms with Crippen LogP contribution in [0.4, 0.5) is 0 Å². The zero-order chi connectivity index (χ0) is 38.5. The van der Waals surface area contributed by atoms with Crippen molar-refractivity contribution in [3.63, 3.8) is 0 Å². The molecule has 0 saturated heterocycles. The predicted octanol–water partition coefficient (Wildman–Crippen LogP) is 12.3. The highest BCUT2D eigenvalue weighted by Crippen LogP contribution is 2.18. The van der Waals surface area contributed by atoms with Gasteiger partial charge < -0.3 is 5.11 Å². The third kappa shape index (κ3) is 21.5. The van der Waals surface area contributed by atoms with Gasteiger partial charge in [-0.05, 0) is 57.1 Å². The summed E-state index contributed by atoms with van der Waals surface area (Å²) in [7, 11) is 0. The number of ketones is 5. The Labute approximate surface area is 319 Å². The van der Waals surface area contributed by atoms with Crippen LogP contribution in [0.25, 0.3) is 0 Å². The summed E-state index contributed by atoms with van der Waals surface area (Å²) >= 11 is 0. The van der Waals surface area contributed by atoms with Crippen LogP contribution in [0.3, 0.4) is 0 Å². The highest BCUT2D eigenvalue weighted by atomic mass is 16.4. The molecular formula is C46H66O7. The fourth-order valence-corrected chi connectivity index (χ4v) is 6.69. The number of carbonyl (C=O) groups excluding carboxylic acids is 5. The van der Waals surface area contributed by atoms with Gasteiger partial charge in [-0.1, -0.05) is 127 Å². The van der Waals surface area contributed by atoms with Gasteiger partial charge in [-0.25, -0.2) is 0 Å². The summed E-state index contributed by atoms with van der Waals surface area (Å²) < 4.78 is 0. The van der Waals surface area contributed by atoms with Gasteiger partial charge in [0.25, 0.3) is 0 Å². The molecule has 2 aromatic carbocycles. The maximum absolute atomic E-state index is 12.8. The van der Waals surface area contributed by atoms with E-state index in [1.54, 1.807) is 30.3 Å². The van der Waals surface area contributed by atoms with E-state index < -0.39 is 5.97 Å². The smallest absolute Gasteiger partial charge is 0.303 e. The number of carbonyl (C=O) groups is 6. The quantitative estimate of drug-likeness (QED) is 0.0561. The molecule has 0 radical (unpaired) electrons. The Hall–Kier alpha value is -3.74. The summed E-state index contributed by atoms with van der Waals surface area (Å²) in [4.78, 5) is 73.4. The molecule has 0 atom stereocenters. The Bertz CT molecular complexity index is 1410. The van der Waals surface area contributed by atoms with Crippen molar-refractivity contribution < 1.29 is 33.9 Å². The van der Waals surface area contributed by atoms with E-state index in [0.717, 1.165) is 89.9 Å². The predicted molar refractivity (Wildman–Crippen MR) is 213 cm³/mol. The second-order valence-corrected chi connectivity index (χ2v) is 14.8. The minimum Gasteiger partial charge on any atom is -0.481 e. The number of hydrogen-bond donors (Lipinski definition) is 1. The number of aliphatic carboxylic acids is 1. The summed E-state index contributed by atoms with van der Waals surface area (Å²) in [6, 6.07) is 14.3. The molecule has 0 aliphatic heterocycles. The van der Waals surface area contributed by atoms with E-state index in [9.17, 15) is 28.8 Å². The second kappa shape index (κ2) is 28.7. The van der Waals surface area contributed by atoms with Gasteiger partial charge >= 0.3 is 5.97 Å². The molecule has 0 unspecified atom stereocenters. The Kier molecular flexibility index (Phi) is 24.6. The molecule has 0 fully saturated rings. The molecule has 0 saturated carbocycles. The first-order chi connectivity index (χ1) is 25.7. The second-order valence-electron chi connectivity index (χ2n) is 14.8. The average molecular weight is 731 g/mol. The summed E-state index contributed by atoms with van der Waals surface area (Å²) in [5.74, 6) is -0.256. The van der Waals surface area contributed by atoms with Gasteiger partial charge in [-0.2, -0.15) is 0 Å². The lowest BCUT2D eigenvalue weighted by atomic mass is 9.97. The first-order valence-electron chi connectivity index (χ1n) is 20.8. The van der Waals surface area contributed by atoms with Crippen molar-refractivity contribution >= 4 is 34.9 Å². The van der Waals surface area contributed by atoms with E-state index in [0.29, 0.717) is 73.6 Å². The Morgan fingerprint density at radius 2 is 0.642 bits per heavy atom. The summed E-state index contributed by atoms with van der Waals surface area (Å²) in [5.41, 5.74) is 2.46. The lowest BCUT2D eigenvalue weighted by Gasteiger charge is -2.06. The van der Waals surface area contributed by atoms with Gasteiger partial charge in [-0.15, -0.1) is 0 Å². The molecule has 53 heavy (non-hydrogen) atoms. The lowest BCUT2D eigenvalue weighted by molar-refractivity contribution is -0.137. The van der Waals surface area contributed by atoms with E-state index in [1.807, 2.05) is 18.2 Å². The molecule has 0 bridgehead atoms. The Balaban J connectivity index is 1.53. The number of carboxylic acids is 1. The molecule has 2 aromatic rings. The standard InChI is InChI=1S/C46H66O7/c1-2-3-4-5-11-16-30-42(48)37-24-22-25-38(35-37)44(50)32-18-13-8-9-14-19-33-45(51)40-27-23-26-39(36-40)43(49)31-17-12-7-6-10-15-28-41(47)29-20-21-34-46(52)53/h22-27,35-36H,2-21,28-34H2,1H3,(H,52,53). The monoisotopic (exact) mass is 730 g/mol. The third-order valence-corrected chi connectivity index (χ3v) is 10.0. The van der Waals surface area contributed by atoms with Crippen LogP contribution in [0, 0.1) is 0 Å². The molecular weight excluding hydrogens is 664 g/mol. The van der Waals surface area contributed by atoms with Gasteiger partial charge in [0.05, 0.1) is 0 Å². The van der Waals surface area contributed by atoms with Crippen molar-refractivity contribution in [2.24, 2.45) is 0 Å². The van der Waals surface area contributed by atoms with Gasteiger partial charge in [0, 0.05) is 67.2 Å². The molecule has 0 aliphatic carbocycles. The molecule has 0 heterocycles. The SMILES string of the molecule is CCCCCCCCC(=O)c1cccc(C(=O)CCCCCCCCC(=O)c2cccc(C(=O)CCCCCCCCC(=O)CCCCC(=O)O)c2)c1. The first-order valence-corrected chi connectivity index (χ1v) is 20.8. The highest BCUT2D eigenvalue weighted by molar-refractivity contribution is 6.02. The van der Waals surface area contributed by atoms with Crippen LogP contribution in [-0.2, 0) is 9.59 Å². The number of Topliss-reactive ketones (excluding diaryl/α,β-unsaturated/α-hetero) is 5. The number of benzene rings is 2. The van der Waals surface area contributed by atoms with Crippen molar-refractivity contribution in [2.75, 3.05) is 0 Å². The van der Waals surface area contributed by atoms with Crippen molar-refractivity contribution in [1.29, 1.82) is 0 Å². The topological polar surface area (TPSA) is 123 Å². The third-order valence-electron chi connectivity index (χ3n) is 10.0. The number of carboxylic acid groups (broad SMARTS) is 1. The van der Waals surface area contributed by atoms with E-state index in [2.05, 4.69) is 6.92 Å². The minimum absolute atomic E-state index is 0.0660. The van der Waals surface area contributed by atoms with Crippen LogP contribution >= 0.6 is 0 Å². The van der Waals surface area contributed by atoms with Crippen LogP contribution in [-0.4, -0.2) is 40.0 Å². The van der Waals surface area contributed by atoms with E-state index >= 15 is 0 Å². The van der Waals surface area contributed by atoms with Crippen molar-refractivity contribution in [2.45, 2.75) is 180 Å². The van der Waals surface area contributed by atoms with Gasteiger partial charge in [0.1, 0.15) is 5.78 Å². The van der Waals surface area contributed by atoms with Gasteiger partial charge in [0.2, 0.25) is 0 Å². The molecule has 0 aliphatic rings. The zero-order valence-electron chi connectivity index (χ0n) is 32.6. The number of unbranched alkanes of at least 4 members (excludes halogenated alkanes) is 16. The van der Waals surface area contributed by atoms with Crippen LogP contribution < -0.4 is 0 Å². The summed E-state index contributed by atoms with van der Waals surface area (Å²) in [6.45, 7) is 2.20. The molecule has 2 rings (SSSR count). The molecule has 7 heteroatoms. The van der Waals surface area contributed by atoms with Crippen molar-refractivity contribution in [3.8, 4) is 0 Å². The van der Waals surface area contributed by atoms with Crippen LogP contribution in [0.2, 0.25) is 0 Å². The van der Waals surface area contributed by atoms with Crippen LogP contribution in [0.15, 0.2) is 48.5 Å². The Morgan fingerprint density at radius 3 is 0.962 bits per heavy atom. The minimum atomic E-state index is -0.815. The lowest BCUT2D eigenvalue weighted by Crippen LogP contribution is -2.04. The molecule has 1 N–H and O–H groups in total. The van der Waals surface area contributed by atoms with Gasteiger partial charge in [-0.3, -0.25) is 28.8 Å². The molecule has 292 valence electrons. The van der Waals surface area contributed by atoms with Crippen molar-refractivity contribution in [1.82, 2.24) is 0 Å². The average Bonchev–Trinajstić information content (AvgIpc) is 3.16. The largest absolute Gasteiger partial charge is 0.481 e. The maximum Gasteiger partial charge on any atom is 0.303 e. The normalized spacial score (nSPS) is 11.0. The molecule has 7 nitrogen and oxygen atoms in total. The van der Waals surface area contributed by atoms with Crippen molar-refractivity contribution in [3.05, 3.63) is 70.8 Å². The Morgan fingerprint density at radius 1 is 0.377 bits per heavy atom. The van der Waals surface area contributed by atoms with E-state index in [-0.39, 0.29) is 35.3 Å². The molecule has 0 amide bonds.